The SMILES string of the molecule is CCC[C@H]1c2cocc2C/C(=C/COCc2ccc(OC)cc2)[C@H](OCc2ccc(OC)cc2)C[C@@H](OC(C)=O)[C@H]1O. The number of furan rings is 1. The second kappa shape index (κ2) is 15.6. The number of hydrogen-bond acceptors (Lipinski definition) is 8. The monoisotopic (exact) mass is 578 g/mol. The van der Waals surface area contributed by atoms with Crippen LogP contribution in [0.5, 0.6) is 11.5 Å². The highest BCUT2D eigenvalue weighted by atomic mass is 16.6. The van der Waals surface area contributed by atoms with Crippen LogP contribution < -0.4 is 9.47 Å². The first-order chi connectivity index (χ1) is 20.4. The molecule has 1 N–H and O–H groups in total. The van der Waals surface area contributed by atoms with Crippen LogP contribution in [0.3, 0.4) is 0 Å². The molecule has 0 radical (unpaired) electrons. The maximum atomic E-state index is 12.2. The first-order valence-electron chi connectivity index (χ1n) is 14.5. The number of esters is 1. The summed E-state index contributed by atoms with van der Waals surface area (Å²) in [6, 6.07) is 15.5. The molecule has 1 heterocycles. The van der Waals surface area contributed by atoms with Crippen LogP contribution in [0.25, 0.3) is 0 Å². The van der Waals surface area contributed by atoms with Gasteiger partial charge in [-0.15, -0.1) is 0 Å². The molecule has 0 unspecified atom stereocenters. The Morgan fingerprint density at radius 3 is 2.21 bits per heavy atom. The molecule has 1 aromatic heterocycles. The van der Waals surface area contributed by atoms with Gasteiger partial charge in [0.2, 0.25) is 0 Å². The van der Waals surface area contributed by atoms with E-state index in [1.807, 2.05) is 54.6 Å². The summed E-state index contributed by atoms with van der Waals surface area (Å²) in [5.74, 6) is 0.887. The minimum Gasteiger partial charge on any atom is -0.497 e. The molecule has 3 aromatic rings. The largest absolute Gasteiger partial charge is 0.497 e. The molecule has 0 saturated carbocycles. The van der Waals surface area contributed by atoms with E-state index in [0.717, 1.165) is 52.2 Å². The number of benzene rings is 2. The molecule has 4 atom stereocenters. The van der Waals surface area contributed by atoms with Crippen LogP contribution in [-0.4, -0.2) is 50.2 Å². The third kappa shape index (κ3) is 8.47. The average molecular weight is 579 g/mol. The molecule has 1 aliphatic rings. The Kier molecular flexibility index (Phi) is 11.6. The van der Waals surface area contributed by atoms with E-state index in [-0.39, 0.29) is 5.92 Å². The Bertz CT molecular complexity index is 1280. The van der Waals surface area contributed by atoms with Gasteiger partial charge in [-0.2, -0.15) is 0 Å². The highest BCUT2D eigenvalue weighted by Gasteiger charge is 2.37. The van der Waals surface area contributed by atoms with E-state index in [1.165, 1.54) is 6.92 Å². The van der Waals surface area contributed by atoms with Crippen molar-refractivity contribution in [1.82, 2.24) is 0 Å². The van der Waals surface area contributed by atoms with Gasteiger partial charge in [0.1, 0.15) is 17.6 Å². The molecular formula is C34H42O8. The molecule has 1 aliphatic carbocycles. The third-order valence-electron chi connectivity index (χ3n) is 7.64. The molecule has 0 spiro atoms. The van der Waals surface area contributed by atoms with Crippen molar-refractivity contribution >= 4 is 5.97 Å². The fraction of sp³-hybridized carbons (Fsp3) is 0.441. The molecular weight excluding hydrogens is 536 g/mol. The molecule has 0 amide bonds. The predicted molar refractivity (Wildman–Crippen MR) is 159 cm³/mol. The van der Waals surface area contributed by atoms with Gasteiger partial charge in [-0.3, -0.25) is 4.79 Å². The van der Waals surface area contributed by atoms with Crippen molar-refractivity contribution < 1.29 is 38.0 Å². The summed E-state index contributed by atoms with van der Waals surface area (Å²) in [5.41, 5.74) is 4.90. The van der Waals surface area contributed by atoms with Crippen molar-refractivity contribution in [3.63, 3.8) is 0 Å². The zero-order valence-electron chi connectivity index (χ0n) is 24.9. The van der Waals surface area contributed by atoms with Crippen LogP contribution in [0.1, 0.15) is 61.3 Å². The van der Waals surface area contributed by atoms with Crippen LogP contribution in [0.4, 0.5) is 0 Å². The summed E-state index contributed by atoms with van der Waals surface area (Å²) >= 11 is 0. The van der Waals surface area contributed by atoms with Crippen LogP contribution in [0.15, 0.2) is 77.1 Å². The van der Waals surface area contributed by atoms with Gasteiger partial charge < -0.3 is 33.2 Å². The zero-order chi connectivity index (χ0) is 29.9. The smallest absolute Gasteiger partial charge is 0.302 e. The Balaban J connectivity index is 1.62. The Labute approximate surface area is 248 Å². The minimum atomic E-state index is -0.914. The number of fused-ring (bicyclic) bond motifs is 1. The van der Waals surface area contributed by atoms with Crippen LogP contribution in [-0.2, 0) is 38.6 Å². The van der Waals surface area contributed by atoms with E-state index in [0.29, 0.717) is 32.7 Å². The average Bonchev–Trinajstić information content (AvgIpc) is 3.47. The third-order valence-corrected chi connectivity index (χ3v) is 7.64. The van der Waals surface area contributed by atoms with Crippen LogP contribution >= 0.6 is 0 Å². The lowest BCUT2D eigenvalue weighted by molar-refractivity contribution is -0.156. The van der Waals surface area contributed by atoms with E-state index in [4.69, 9.17) is 28.1 Å². The van der Waals surface area contributed by atoms with Gasteiger partial charge in [0.05, 0.1) is 58.8 Å². The second-order valence-electron chi connectivity index (χ2n) is 10.6. The highest BCUT2D eigenvalue weighted by Crippen LogP contribution is 2.37. The van der Waals surface area contributed by atoms with E-state index < -0.39 is 24.3 Å². The van der Waals surface area contributed by atoms with Gasteiger partial charge in [-0.1, -0.05) is 43.7 Å². The molecule has 226 valence electrons. The van der Waals surface area contributed by atoms with E-state index >= 15 is 0 Å². The van der Waals surface area contributed by atoms with E-state index in [9.17, 15) is 9.90 Å². The maximum absolute atomic E-state index is 12.2. The van der Waals surface area contributed by atoms with Crippen LogP contribution in [0.2, 0.25) is 0 Å². The summed E-state index contributed by atoms with van der Waals surface area (Å²) in [5, 5.41) is 11.6. The molecule has 0 saturated heterocycles. The lowest BCUT2D eigenvalue weighted by atomic mass is 9.85. The Morgan fingerprint density at radius 2 is 1.62 bits per heavy atom. The van der Waals surface area contributed by atoms with Crippen molar-refractivity contribution in [2.45, 2.75) is 77.0 Å². The van der Waals surface area contributed by atoms with E-state index in [2.05, 4.69) is 6.92 Å². The van der Waals surface area contributed by atoms with Gasteiger partial charge in [0.15, 0.2) is 0 Å². The quantitative estimate of drug-likeness (QED) is 0.155. The summed E-state index contributed by atoms with van der Waals surface area (Å²) in [4.78, 5) is 12.2. The number of carbonyl (C=O) groups excluding carboxylic acids is 1. The zero-order valence-corrected chi connectivity index (χ0v) is 24.9. The fourth-order valence-electron chi connectivity index (χ4n) is 5.41. The Morgan fingerprint density at radius 1 is 0.976 bits per heavy atom. The predicted octanol–water partition coefficient (Wildman–Crippen LogP) is 6.15. The molecule has 0 bridgehead atoms. The van der Waals surface area contributed by atoms with Crippen molar-refractivity contribution in [3.05, 3.63) is 95.0 Å². The summed E-state index contributed by atoms with van der Waals surface area (Å²) in [6.07, 6.45) is 5.82. The van der Waals surface area contributed by atoms with Gasteiger partial charge in [-0.25, -0.2) is 0 Å². The van der Waals surface area contributed by atoms with Crippen molar-refractivity contribution in [2.24, 2.45) is 0 Å². The molecule has 0 aliphatic heterocycles. The normalized spacial score (nSPS) is 21.6. The lowest BCUT2D eigenvalue weighted by Crippen LogP contribution is -2.38. The maximum Gasteiger partial charge on any atom is 0.302 e. The number of aliphatic hydroxyl groups excluding tert-OH is 1. The van der Waals surface area contributed by atoms with Gasteiger partial charge in [0, 0.05) is 19.3 Å². The molecule has 2 aromatic carbocycles. The van der Waals surface area contributed by atoms with Crippen molar-refractivity contribution in [1.29, 1.82) is 0 Å². The minimum absolute atomic E-state index is 0.235. The number of ether oxygens (including phenoxy) is 5. The molecule has 0 fully saturated rings. The fourth-order valence-corrected chi connectivity index (χ4v) is 5.41. The van der Waals surface area contributed by atoms with Gasteiger partial charge in [-0.05, 0) is 64.9 Å². The number of hydrogen-bond donors (Lipinski definition) is 1. The van der Waals surface area contributed by atoms with Crippen molar-refractivity contribution in [2.75, 3.05) is 20.8 Å². The standard InChI is InChI=1S/C34H42O8/c1-5-6-30-31-22-40-21-27(31)17-26(15-16-39-19-24-7-11-28(37-3)12-8-24)32(18-33(34(30)36)42-23(2)35)41-20-25-9-13-29(38-4)14-10-25/h7-15,21-22,30,32-34,36H,5-6,16-20H2,1-4H3/b26-15-/t30-,32+,33+,34-/m0/s1. The molecule has 8 nitrogen and oxygen atoms in total. The lowest BCUT2D eigenvalue weighted by Gasteiger charge is -2.31. The number of aliphatic hydroxyl groups is 1. The first-order valence-corrected chi connectivity index (χ1v) is 14.5. The summed E-state index contributed by atoms with van der Waals surface area (Å²) < 4.78 is 34.5. The van der Waals surface area contributed by atoms with E-state index in [1.54, 1.807) is 26.7 Å². The molecule has 4 rings (SSSR count). The molecule has 8 heteroatoms. The number of rotatable bonds is 12. The van der Waals surface area contributed by atoms with Crippen molar-refractivity contribution in [3.8, 4) is 11.5 Å². The summed E-state index contributed by atoms with van der Waals surface area (Å²) in [6.45, 7) is 4.57. The number of carbonyl (C=O) groups is 1. The van der Waals surface area contributed by atoms with Gasteiger partial charge in [0.25, 0.3) is 0 Å². The Hall–Kier alpha value is -3.59. The number of methoxy groups -OCH3 is 2. The first kappa shape index (κ1) is 31.3. The second-order valence-corrected chi connectivity index (χ2v) is 10.6. The highest BCUT2D eigenvalue weighted by molar-refractivity contribution is 5.66. The van der Waals surface area contributed by atoms with Crippen LogP contribution in [0, 0.1) is 0 Å². The molecule has 42 heavy (non-hydrogen) atoms. The summed E-state index contributed by atoms with van der Waals surface area (Å²) in [7, 11) is 3.27. The topological polar surface area (TPSA) is 96.6 Å². The van der Waals surface area contributed by atoms with Gasteiger partial charge >= 0.3 is 5.97 Å².